The molecule has 0 atom stereocenters. The molecule has 0 spiro atoms. The topological polar surface area (TPSA) is 70.7 Å². The molecular formula is C17H16N6OS. The normalized spacial score (nSPS) is 11.1. The van der Waals surface area contributed by atoms with Gasteiger partial charge in [0.15, 0.2) is 22.1 Å². The molecule has 0 radical (unpaired) electrons. The van der Waals surface area contributed by atoms with E-state index in [2.05, 4.69) is 19.9 Å². The van der Waals surface area contributed by atoms with Crippen molar-refractivity contribution >= 4 is 22.9 Å². The average molecular weight is 352 g/mol. The first kappa shape index (κ1) is 15.6. The van der Waals surface area contributed by atoms with Crippen LogP contribution in [0, 0.1) is 0 Å². The van der Waals surface area contributed by atoms with Crippen LogP contribution in [0.15, 0.2) is 54.5 Å². The molecule has 25 heavy (non-hydrogen) atoms. The summed E-state index contributed by atoms with van der Waals surface area (Å²) in [5.41, 5.74) is 2.74. The summed E-state index contributed by atoms with van der Waals surface area (Å²) < 4.78 is 8.94. The highest BCUT2D eigenvalue weighted by atomic mass is 32.2. The average Bonchev–Trinajstić information content (AvgIpc) is 3.30. The number of aromatic nitrogens is 6. The van der Waals surface area contributed by atoms with E-state index in [1.54, 1.807) is 37.7 Å². The molecular weight excluding hydrogens is 336 g/mol. The van der Waals surface area contributed by atoms with E-state index in [0.29, 0.717) is 5.16 Å². The van der Waals surface area contributed by atoms with Crippen molar-refractivity contribution < 1.29 is 4.74 Å². The molecule has 0 bridgehead atoms. The molecule has 3 heterocycles. The quantitative estimate of drug-likeness (QED) is 0.406. The van der Waals surface area contributed by atoms with Crippen molar-refractivity contribution in [2.45, 2.75) is 10.9 Å². The number of hydrogen-bond donors (Lipinski definition) is 0. The number of nitrogens with zero attached hydrogens (tertiary/aromatic N) is 6. The highest BCUT2D eigenvalue weighted by Crippen LogP contribution is 2.25. The van der Waals surface area contributed by atoms with Crippen molar-refractivity contribution in [3.63, 3.8) is 0 Å². The van der Waals surface area contributed by atoms with E-state index in [0.717, 1.165) is 28.5 Å². The van der Waals surface area contributed by atoms with Crippen LogP contribution in [0.1, 0.15) is 5.56 Å². The molecule has 0 aliphatic carbocycles. The van der Waals surface area contributed by atoms with Gasteiger partial charge in [-0.15, -0.1) is 0 Å². The van der Waals surface area contributed by atoms with Gasteiger partial charge >= 0.3 is 0 Å². The van der Waals surface area contributed by atoms with Crippen LogP contribution in [0.3, 0.4) is 0 Å². The summed E-state index contributed by atoms with van der Waals surface area (Å²) in [5, 5.41) is 0.704. The molecule has 4 aromatic rings. The standard InChI is InChI=1S/C17H16N6OS/c1-22-11-19-14-15(22)20-17(21-16(14)23-8-7-18-10-23)25-9-12-3-5-13(24-2)6-4-12/h3-8,10-11H,9H2,1-2H3. The minimum absolute atomic E-state index is 0.704. The van der Waals surface area contributed by atoms with Gasteiger partial charge in [0, 0.05) is 25.2 Å². The maximum atomic E-state index is 5.19. The molecule has 0 fully saturated rings. The van der Waals surface area contributed by atoms with Crippen molar-refractivity contribution in [1.82, 2.24) is 29.1 Å². The first-order valence-corrected chi connectivity index (χ1v) is 8.66. The highest BCUT2D eigenvalue weighted by molar-refractivity contribution is 7.98. The van der Waals surface area contributed by atoms with E-state index < -0.39 is 0 Å². The minimum atomic E-state index is 0.704. The van der Waals surface area contributed by atoms with Gasteiger partial charge in [-0.3, -0.25) is 4.57 Å². The summed E-state index contributed by atoms with van der Waals surface area (Å²) in [7, 11) is 3.59. The lowest BCUT2D eigenvalue weighted by molar-refractivity contribution is 0.414. The highest BCUT2D eigenvalue weighted by Gasteiger charge is 2.14. The lowest BCUT2D eigenvalue weighted by Gasteiger charge is -2.07. The van der Waals surface area contributed by atoms with Crippen molar-refractivity contribution in [3.05, 3.63) is 54.9 Å². The van der Waals surface area contributed by atoms with Crippen molar-refractivity contribution in [1.29, 1.82) is 0 Å². The molecule has 0 amide bonds. The van der Waals surface area contributed by atoms with Crippen LogP contribution in [0.4, 0.5) is 0 Å². The maximum Gasteiger partial charge on any atom is 0.192 e. The Balaban J connectivity index is 1.66. The number of aryl methyl sites for hydroxylation is 1. The van der Waals surface area contributed by atoms with E-state index in [1.807, 2.05) is 46.6 Å². The molecule has 1 aromatic carbocycles. The second-order valence-electron chi connectivity index (χ2n) is 5.46. The fourth-order valence-corrected chi connectivity index (χ4v) is 3.26. The Morgan fingerprint density at radius 1 is 1.12 bits per heavy atom. The number of benzene rings is 1. The molecule has 0 saturated heterocycles. The molecule has 0 aliphatic heterocycles. The molecule has 3 aromatic heterocycles. The first-order chi connectivity index (χ1) is 12.2. The van der Waals surface area contributed by atoms with Crippen LogP contribution in [-0.4, -0.2) is 36.2 Å². The lowest BCUT2D eigenvalue weighted by atomic mass is 10.2. The smallest absolute Gasteiger partial charge is 0.192 e. The molecule has 4 rings (SSSR count). The third-order valence-corrected chi connectivity index (χ3v) is 4.72. The number of methoxy groups -OCH3 is 1. The SMILES string of the molecule is COc1ccc(CSc2nc(-n3ccnc3)c3ncn(C)c3n2)cc1. The molecule has 0 saturated carbocycles. The summed E-state index contributed by atoms with van der Waals surface area (Å²) in [4.78, 5) is 17.8. The first-order valence-electron chi connectivity index (χ1n) is 7.68. The van der Waals surface area contributed by atoms with Gasteiger partial charge in [-0.05, 0) is 17.7 Å². The zero-order valence-corrected chi connectivity index (χ0v) is 14.6. The van der Waals surface area contributed by atoms with Crippen LogP contribution >= 0.6 is 11.8 Å². The van der Waals surface area contributed by atoms with Gasteiger partial charge in [0.1, 0.15) is 12.1 Å². The monoisotopic (exact) mass is 352 g/mol. The number of rotatable bonds is 5. The Bertz CT molecular complexity index is 994. The molecule has 7 nitrogen and oxygen atoms in total. The van der Waals surface area contributed by atoms with Crippen LogP contribution in [0.2, 0.25) is 0 Å². The predicted molar refractivity (Wildman–Crippen MR) is 96.0 cm³/mol. The zero-order chi connectivity index (χ0) is 17.2. The Hall–Kier alpha value is -2.87. The van der Waals surface area contributed by atoms with E-state index in [9.17, 15) is 0 Å². The maximum absolute atomic E-state index is 5.19. The summed E-state index contributed by atoms with van der Waals surface area (Å²) in [6.45, 7) is 0. The third kappa shape index (κ3) is 3.08. The molecule has 8 heteroatoms. The fraction of sp³-hybridized carbons (Fsp3) is 0.176. The van der Waals surface area contributed by atoms with Gasteiger partial charge in [-0.1, -0.05) is 23.9 Å². The van der Waals surface area contributed by atoms with Crippen LogP contribution in [0.25, 0.3) is 17.0 Å². The zero-order valence-electron chi connectivity index (χ0n) is 13.8. The number of thioether (sulfide) groups is 1. The molecule has 0 unspecified atom stereocenters. The fourth-order valence-electron chi connectivity index (χ4n) is 2.47. The summed E-state index contributed by atoms with van der Waals surface area (Å²) in [6.07, 6.45) is 7.04. The van der Waals surface area contributed by atoms with Gasteiger partial charge in [0.2, 0.25) is 0 Å². The number of hydrogen-bond acceptors (Lipinski definition) is 6. The van der Waals surface area contributed by atoms with E-state index in [-0.39, 0.29) is 0 Å². The lowest BCUT2D eigenvalue weighted by Crippen LogP contribution is -2.01. The van der Waals surface area contributed by atoms with Gasteiger partial charge < -0.3 is 9.30 Å². The summed E-state index contributed by atoms with van der Waals surface area (Å²) in [6, 6.07) is 8.01. The Morgan fingerprint density at radius 2 is 1.96 bits per heavy atom. The second-order valence-corrected chi connectivity index (χ2v) is 6.41. The Morgan fingerprint density at radius 3 is 2.68 bits per heavy atom. The van der Waals surface area contributed by atoms with Crippen LogP contribution < -0.4 is 4.74 Å². The summed E-state index contributed by atoms with van der Waals surface area (Å²) >= 11 is 1.59. The third-order valence-electron chi connectivity index (χ3n) is 3.80. The van der Waals surface area contributed by atoms with Gasteiger partial charge in [0.05, 0.1) is 13.4 Å². The van der Waals surface area contributed by atoms with Crippen molar-refractivity contribution in [3.8, 4) is 11.6 Å². The van der Waals surface area contributed by atoms with E-state index in [4.69, 9.17) is 4.74 Å². The summed E-state index contributed by atoms with van der Waals surface area (Å²) in [5.74, 6) is 2.36. The van der Waals surface area contributed by atoms with Crippen molar-refractivity contribution in [2.75, 3.05) is 7.11 Å². The Kier molecular flexibility index (Phi) is 4.10. The van der Waals surface area contributed by atoms with E-state index >= 15 is 0 Å². The number of ether oxygens (including phenoxy) is 1. The van der Waals surface area contributed by atoms with Gasteiger partial charge in [-0.2, -0.15) is 0 Å². The van der Waals surface area contributed by atoms with Gasteiger partial charge in [0.25, 0.3) is 0 Å². The molecule has 0 aliphatic rings. The Labute approximate surface area is 148 Å². The largest absolute Gasteiger partial charge is 0.497 e. The van der Waals surface area contributed by atoms with Gasteiger partial charge in [-0.25, -0.2) is 19.9 Å². The van der Waals surface area contributed by atoms with Crippen molar-refractivity contribution in [2.24, 2.45) is 7.05 Å². The van der Waals surface area contributed by atoms with Crippen LogP contribution in [-0.2, 0) is 12.8 Å². The predicted octanol–water partition coefficient (Wildman–Crippen LogP) is 2.85. The second kappa shape index (κ2) is 6.56. The molecule has 126 valence electrons. The van der Waals surface area contributed by atoms with E-state index in [1.165, 1.54) is 5.56 Å². The number of imidazole rings is 2. The number of fused-ring (bicyclic) bond motifs is 1. The minimum Gasteiger partial charge on any atom is -0.497 e. The van der Waals surface area contributed by atoms with Crippen LogP contribution in [0.5, 0.6) is 5.75 Å². The molecule has 0 N–H and O–H groups in total.